The number of amides is 3. The molecule has 6 heteroatoms. The molecule has 6 rings (SSSR count). The maximum atomic E-state index is 13.5. The van der Waals surface area contributed by atoms with E-state index in [1.807, 2.05) is 9.80 Å². The molecule has 2 saturated carbocycles. The van der Waals surface area contributed by atoms with Crippen molar-refractivity contribution in [3.63, 3.8) is 0 Å². The largest absolute Gasteiger partial charge is 0.393 e. The molecule has 2 unspecified atom stereocenters. The summed E-state index contributed by atoms with van der Waals surface area (Å²) in [6.45, 7) is 3.97. The number of aliphatic hydroxyl groups is 1. The molecule has 3 heterocycles. The van der Waals surface area contributed by atoms with Crippen LogP contribution in [0.3, 0.4) is 0 Å². The molecule has 3 amide bonds. The van der Waals surface area contributed by atoms with Crippen LogP contribution >= 0.6 is 0 Å². The third-order valence-electron chi connectivity index (χ3n) is 9.82. The summed E-state index contributed by atoms with van der Waals surface area (Å²) in [5.41, 5.74) is 1.12. The number of hydrogen-bond acceptors (Lipinski definition) is 3. The molecule has 1 aromatic rings. The van der Waals surface area contributed by atoms with Gasteiger partial charge in [-0.05, 0) is 87.5 Å². The predicted molar refractivity (Wildman–Crippen MR) is 135 cm³/mol. The second-order valence-electron chi connectivity index (χ2n) is 12.2. The Morgan fingerprint density at radius 2 is 1.74 bits per heavy atom. The second kappa shape index (κ2) is 9.42. The first-order valence-corrected chi connectivity index (χ1v) is 14.1. The fourth-order valence-corrected chi connectivity index (χ4v) is 7.47. The molecule has 5 aliphatic rings. The molecule has 3 saturated heterocycles. The zero-order valence-electron chi connectivity index (χ0n) is 21.0. The van der Waals surface area contributed by atoms with Crippen molar-refractivity contribution in [1.82, 2.24) is 14.7 Å². The van der Waals surface area contributed by atoms with Gasteiger partial charge in [-0.1, -0.05) is 30.3 Å². The Balaban J connectivity index is 0.966. The first kappa shape index (κ1) is 23.3. The average Bonchev–Trinajstić information content (AvgIpc) is 3.58. The minimum Gasteiger partial charge on any atom is -0.393 e. The van der Waals surface area contributed by atoms with Crippen molar-refractivity contribution in [2.24, 2.45) is 17.3 Å². The highest BCUT2D eigenvalue weighted by Crippen LogP contribution is 2.51. The maximum Gasteiger partial charge on any atom is 0.320 e. The van der Waals surface area contributed by atoms with E-state index in [1.54, 1.807) is 0 Å². The van der Waals surface area contributed by atoms with E-state index in [0.717, 1.165) is 83.0 Å². The number of carbonyl (C=O) groups is 2. The zero-order valence-corrected chi connectivity index (χ0v) is 21.0. The van der Waals surface area contributed by atoms with E-state index in [9.17, 15) is 14.7 Å². The SMILES string of the molecule is O=C(N1CC(CCC2CC2c2ccccc2)C1)N1CCC[C@]2(CCN(C3CCC(O)CC3)C2=O)C1. The van der Waals surface area contributed by atoms with E-state index in [2.05, 4.69) is 35.2 Å². The number of carbonyl (C=O) groups excluding carboxylic acids is 2. The van der Waals surface area contributed by atoms with E-state index in [-0.39, 0.29) is 29.5 Å². The predicted octanol–water partition coefficient (Wildman–Crippen LogP) is 4.24. The number of piperidine rings is 1. The lowest BCUT2D eigenvalue weighted by molar-refractivity contribution is -0.141. The normalized spacial score (nSPS) is 35.5. The van der Waals surface area contributed by atoms with Crippen LogP contribution in [0.15, 0.2) is 30.3 Å². The van der Waals surface area contributed by atoms with Gasteiger partial charge in [0.25, 0.3) is 0 Å². The monoisotopic (exact) mass is 479 g/mol. The van der Waals surface area contributed by atoms with Crippen molar-refractivity contribution in [3.05, 3.63) is 35.9 Å². The van der Waals surface area contributed by atoms with E-state index in [0.29, 0.717) is 12.5 Å². The first-order chi connectivity index (χ1) is 17.0. The van der Waals surface area contributed by atoms with Gasteiger partial charge in [0.2, 0.25) is 5.91 Å². The van der Waals surface area contributed by atoms with Crippen LogP contribution in [0.2, 0.25) is 0 Å². The Morgan fingerprint density at radius 3 is 2.51 bits per heavy atom. The fourth-order valence-electron chi connectivity index (χ4n) is 7.47. The molecule has 1 N–H and O–H groups in total. The van der Waals surface area contributed by atoms with Crippen LogP contribution in [-0.4, -0.2) is 76.6 Å². The number of hydrogen-bond donors (Lipinski definition) is 1. The van der Waals surface area contributed by atoms with E-state index >= 15 is 0 Å². The lowest BCUT2D eigenvalue weighted by Gasteiger charge is -2.46. The van der Waals surface area contributed by atoms with Gasteiger partial charge in [0.05, 0.1) is 11.5 Å². The Bertz CT molecular complexity index is 924. The third kappa shape index (κ3) is 4.59. The summed E-state index contributed by atoms with van der Waals surface area (Å²) in [6, 6.07) is 11.3. The molecule has 1 aromatic carbocycles. The summed E-state index contributed by atoms with van der Waals surface area (Å²) >= 11 is 0. The van der Waals surface area contributed by atoms with Gasteiger partial charge in [0.1, 0.15) is 0 Å². The highest BCUT2D eigenvalue weighted by molar-refractivity contribution is 5.86. The molecule has 0 aromatic heterocycles. The quantitative estimate of drug-likeness (QED) is 0.687. The highest BCUT2D eigenvalue weighted by Gasteiger charge is 2.52. The van der Waals surface area contributed by atoms with E-state index in [4.69, 9.17) is 0 Å². The van der Waals surface area contributed by atoms with E-state index < -0.39 is 0 Å². The minimum absolute atomic E-state index is 0.154. The molecule has 6 nitrogen and oxygen atoms in total. The molecular weight excluding hydrogens is 438 g/mol. The van der Waals surface area contributed by atoms with Gasteiger partial charge >= 0.3 is 6.03 Å². The lowest BCUT2D eigenvalue weighted by Crippen LogP contribution is -2.59. The number of nitrogens with zero attached hydrogens (tertiary/aromatic N) is 3. The van der Waals surface area contributed by atoms with Gasteiger partial charge in [-0.3, -0.25) is 4.79 Å². The standard InChI is InChI=1S/C29H41N3O3/c33-25-11-9-24(10-12-25)32-16-14-29(27(32)34)13-4-15-30(20-29)28(35)31-18-21(19-31)7-8-23-17-26(23)22-5-2-1-3-6-22/h1-3,5-6,21,23-26,33H,4,7-20H2/t23?,24?,25?,26?,29-/m0/s1. The Kier molecular flexibility index (Phi) is 6.28. The Labute approximate surface area is 209 Å². The second-order valence-corrected chi connectivity index (χ2v) is 12.2. The zero-order chi connectivity index (χ0) is 24.0. The summed E-state index contributed by atoms with van der Waals surface area (Å²) < 4.78 is 0. The summed E-state index contributed by atoms with van der Waals surface area (Å²) in [5.74, 6) is 2.49. The van der Waals surface area contributed by atoms with Gasteiger partial charge < -0.3 is 19.8 Å². The number of urea groups is 1. The number of likely N-dealkylation sites (tertiary alicyclic amines) is 3. The molecule has 3 aliphatic heterocycles. The van der Waals surface area contributed by atoms with Crippen molar-refractivity contribution in [3.8, 4) is 0 Å². The Morgan fingerprint density at radius 1 is 0.971 bits per heavy atom. The van der Waals surface area contributed by atoms with Gasteiger partial charge in [-0.15, -0.1) is 0 Å². The smallest absolute Gasteiger partial charge is 0.320 e. The van der Waals surface area contributed by atoms with Crippen LogP contribution in [0.5, 0.6) is 0 Å². The summed E-state index contributed by atoms with van der Waals surface area (Å²) in [4.78, 5) is 32.9. The Hall–Kier alpha value is -2.08. The summed E-state index contributed by atoms with van der Waals surface area (Å²) in [5, 5.41) is 9.84. The van der Waals surface area contributed by atoms with Crippen LogP contribution in [0.4, 0.5) is 4.79 Å². The third-order valence-corrected chi connectivity index (χ3v) is 9.82. The maximum absolute atomic E-state index is 13.5. The van der Waals surface area contributed by atoms with Crippen LogP contribution < -0.4 is 0 Å². The van der Waals surface area contributed by atoms with Crippen LogP contribution in [-0.2, 0) is 4.79 Å². The van der Waals surface area contributed by atoms with Gasteiger partial charge in [-0.2, -0.15) is 0 Å². The number of benzene rings is 1. The van der Waals surface area contributed by atoms with Gasteiger partial charge in [0.15, 0.2) is 0 Å². The minimum atomic E-state index is -0.368. The van der Waals surface area contributed by atoms with Crippen molar-refractivity contribution in [2.45, 2.75) is 82.3 Å². The van der Waals surface area contributed by atoms with Crippen LogP contribution in [0.1, 0.15) is 75.7 Å². The molecule has 190 valence electrons. The lowest BCUT2D eigenvalue weighted by atomic mass is 9.78. The molecule has 1 spiro atoms. The molecule has 35 heavy (non-hydrogen) atoms. The van der Waals surface area contributed by atoms with Crippen molar-refractivity contribution in [2.75, 3.05) is 32.7 Å². The molecular formula is C29H41N3O3. The van der Waals surface area contributed by atoms with Crippen LogP contribution in [0, 0.1) is 17.3 Å². The molecule has 5 fully saturated rings. The van der Waals surface area contributed by atoms with Crippen molar-refractivity contribution < 1.29 is 14.7 Å². The van der Waals surface area contributed by atoms with Gasteiger partial charge in [0, 0.05) is 38.8 Å². The summed E-state index contributed by atoms with van der Waals surface area (Å²) in [6.07, 6.45) is 9.77. The molecule has 3 atom stereocenters. The van der Waals surface area contributed by atoms with Gasteiger partial charge in [-0.25, -0.2) is 4.79 Å². The first-order valence-electron chi connectivity index (χ1n) is 14.1. The number of aliphatic hydroxyl groups excluding tert-OH is 1. The molecule has 0 bridgehead atoms. The fraction of sp³-hybridized carbons (Fsp3) is 0.724. The molecule has 2 aliphatic carbocycles. The van der Waals surface area contributed by atoms with Crippen molar-refractivity contribution >= 4 is 11.9 Å². The highest BCUT2D eigenvalue weighted by atomic mass is 16.3. The summed E-state index contributed by atoms with van der Waals surface area (Å²) in [7, 11) is 0. The topological polar surface area (TPSA) is 64.1 Å². The van der Waals surface area contributed by atoms with Crippen molar-refractivity contribution in [1.29, 1.82) is 0 Å². The number of rotatable bonds is 5. The van der Waals surface area contributed by atoms with E-state index in [1.165, 1.54) is 24.8 Å². The van der Waals surface area contributed by atoms with Crippen LogP contribution in [0.25, 0.3) is 0 Å². The molecule has 0 radical (unpaired) electrons. The average molecular weight is 480 g/mol.